The Morgan fingerprint density at radius 1 is 1.05 bits per heavy atom. The standard InChI is InChI=1S/C30H28F3N3O2/c1-18-26(21-6-10-25(11-7-21)38-30(31,32)33)3-2-4-27(18)29(37)36-23-8-9-24(36)16-20(15-23)13-19-5-12-28-22(14-19)17-34-35-28/h2-7,10-12,14,17,20,23-24H,8-9,13,15-16H2,1H3,(H,34,35)/t23-,24-/m0/s1. The molecule has 0 spiro atoms. The van der Waals surface area contributed by atoms with Gasteiger partial charge in [-0.05, 0) is 97.5 Å². The van der Waals surface area contributed by atoms with E-state index in [4.69, 9.17) is 0 Å². The van der Waals surface area contributed by atoms with E-state index in [0.29, 0.717) is 11.5 Å². The van der Waals surface area contributed by atoms with E-state index >= 15 is 0 Å². The zero-order valence-electron chi connectivity index (χ0n) is 21.0. The SMILES string of the molecule is Cc1c(C(=O)N2[C@H]3CC[C@H]2CC(Cc2ccc4[nH]ncc4c2)C3)cccc1-c1ccc(OC(F)(F)F)cc1. The van der Waals surface area contributed by atoms with Crippen molar-refractivity contribution in [2.24, 2.45) is 5.92 Å². The highest BCUT2D eigenvalue weighted by atomic mass is 19.4. The smallest absolute Gasteiger partial charge is 0.406 e. The minimum absolute atomic E-state index is 0.0483. The van der Waals surface area contributed by atoms with Gasteiger partial charge in [0.05, 0.1) is 11.7 Å². The number of nitrogens with zero attached hydrogens (tertiary/aromatic N) is 2. The molecule has 4 aromatic rings. The molecule has 0 radical (unpaired) electrons. The van der Waals surface area contributed by atoms with Crippen LogP contribution in [-0.4, -0.2) is 39.5 Å². The van der Waals surface area contributed by atoms with Crippen LogP contribution in [0.2, 0.25) is 0 Å². The van der Waals surface area contributed by atoms with Crippen molar-refractivity contribution in [2.45, 2.75) is 57.5 Å². The van der Waals surface area contributed by atoms with Crippen LogP contribution >= 0.6 is 0 Å². The van der Waals surface area contributed by atoms with Gasteiger partial charge < -0.3 is 9.64 Å². The molecule has 1 aromatic heterocycles. The first-order valence-corrected chi connectivity index (χ1v) is 13.0. The lowest BCUT2D eigenvalue weighted by atomic mass is 9.85. The lowest BCUT2D eigenvalue weighted by Gasteiger charge is -2.39. The zero-order valence-corrected chi connectivity index (χ0v) is 21.0. The van der Waals surface area contributed by atoms with Gasteiger partial charge in [0.15, 0.2) is 0 Å². The minimum Gasteiger partial charge on any atom is -0.406 e. The molecule has 2 aliphatic heterocycles. The topological polar surface area (TPSA) is 58.2 Å². The highest BCUT2D eigenvalue weighted by Gasteiger charge is 2.43. The number of aromatic nitrogens is 2. The van der Waals surface area contributed by atoms with Gasteiger partial charge in [-0.3, -0.25) is 9.89 Å². The highest BCUT2D eigenvalue weighted by Crippen LogP contribution is 2.41. The van der Waals surface area contributed by atoms with Crippen LogP contribution in [0.3, 0.4) is 0 Å². The number of ether oxygens (including phenoxy) is 1. The molecule has 2 fully saturated rings. The number of piperidine rings is 1. The average Bonchev–Trinajstić information content (AvgIpc) is 3.45. The Labute approximate surface area is 218 Å². The number of rotatable bonds is 5. The Kier molecular flexibility index (Phi) is 6.13. The first-order valence-electron chi connectivity index (χ1n) is 13.0. The summed E-state index contributed by atoms with van der Waals surface area (Å²) < 4.78 is 41.6. The van der Waals surface area contributed by atoms with Crippen molar-refractivity contribution < 1.29 is 22.7 Å². The second-order valence-electron chi connectivity index (χ2n) is 10.5. The molecular weight excluding hydrogens is 491 g/mol. The number of aromatic amines is 1. The Bertz CT molecular complexity index is 1460. The van der Waals surface area contributed by atoms with E-state index in [1.54, 1.807) is 12.1 Å². The van der Waals surface area contributed by atoms with Gasteiger partial charge in [0.2, 0.25) is 0 Å². The molecule has 2 aliphatic rings. The van der Waals surface area contributed by atoms with Crippen LogP contribution < -0.4 is 4.74 Å². The third-order valence-corrected chi connectivity index (χ3v) is 8.06. The molecule has 3 aromatic carbocycles. The maximum Gasteiger partial charge on any atom is 0.573 e. The highest BCUT2D eigenvalue weighted by molar-refractivity contribution is 5.98. The third kappa shape index (κ3) is 4.75. The number of carbonyl (C=O) groups excluding carboxylic acids is 1. The van der Waals surface area contributed by atoms with Gasteiger partial charge in [0.25, 0.3) is 5.91 Å². The minimum atomic E-state index is -4.73. The normalized spacial score (nSPS) is 21.2. The van der Waals surface area contributed by atoms with Crippen molar-refractivity contribution in [3.63, 3.8) is 0 Å². The number of H-pyrrole nitrogens is 1. The van der Waals surface area contributed by atoms with Gasteiger partial charge in [0.1, 0.15) is 5.75 Å². The molecule has 0 saturated carbocycles. The van der Waals surface area contributed by atoms with E-state index in [0.717, 1.165) is 59.7 Å². The number of nitrogens with one attached hydrogen (secondary N) is 1. The summed E-state index contributed by atoms with van der Waals surface area (Å²) in [4.78, 5) is 15.9. The van der Waals surface area contributed by atoms with E-state index in [1.165, 1.54) is 17.7 Å². The number of carbonyl (C=O) groups is 1. The molecule has 1 N–H and O–H groups in total. The lowest BCUT2D eigenvalue weighted by molar-refractivity contribution is -0.274. The van der Waals surface area contributed by atoms with Crippen LogP contribution in [0, 0.1) is 12.8 Å². The van der Waals surface area contributed by atoms with Crippen molar-refractivity contribution in [1.29, 1.82) is 0 Å². The van der Waals surface area contributed by atoms with Crippen LogP contribution in [-0.2, 0) is 6.42 Å². The van der Waals surface area contributed by atoms with Gasteiger partial charge >= 0.3 is 6.36 Å². The Morgan fingerprint density at radius 3 is 2.50 bits per heavy atom. The van der Waals surface area contributed by atoms with Gasteiger partial charge in [-0.25, -0.2) is 0 Å². The molecule has 8 heteroatoms. The van der Waals surface area contributed by atoms with Gasteiger partial charge in [0, 0.05) is 23.0 Å². The summed E-state index contributed by atoms with van der Waals surface area (Å²) in [7, 11) is 0. The third-order valence-electron chi connectivity index (χ3n) is 8.06. The summed E-state index contributed by atoms with van der Waals surface area (Å²) >= 11 is 0. The molecule has 2 atom stereocenters. The Balaban J connectivity index is 1.18. The van der Waals surface area contributed by atoms with Crippen molar-refractivity contribution in [2.75, 3.05) is 0 Å². The van der Waals surface area contributed by atoms with Gasteiger partial charge in [-0.2, -0.15) is 5.10 Å². The summed E-state index contributed by atoms with van der Waals surface area (Å²) in [6, 6.07) is 18.3. The van der Waals surface area contributed by atoms with E-state index < -0.39 is 6.36 Å². The second-order valence-corrected chi connectivity index (χ2v) is 10.5. The number of fused-ring (bicyclic) bond motifs is 3. The number of amides is 1. The van der Waals surface area contributed by atoms with E-state index in [1.807, 2.05) is 31.3 Å². The summed E-state index contributed by atoms with van der Waals surface area (Å²) in [5.41, 5.74) is 5.39. The number of hydrogen-bond donors (Lipinski definition) is 1. The number of benzene rings is 3. The first kappa shape index (κ1) is 24.5. The van der Waals surface area contributed by atoms with Crippen molar-refractivity contribution in [1.82, 2.24) is 15.1 Å². The zero-order chi connectivity index (χ0) is 26.4. The van der Waals surface area contributed by atoms with E-state index in [2.05, 4.69) is 38.0 Å². The second kappa shape index (κ2) is 9.49. The molecule has 0 unspecified atom stereocenters. The first-order chi connectivity index (χ1) is 18.2. The molecular formula is C30H28F3N3O2. The number of halogens is 3. The summed E-state index contributed by atoms with van der Waals surface area (Å²) in [6.07, 6.45) is 2.14. The maximum absolute atomic E-state index is 13.8. The van der Waals surface area contributed by atoms with Crippen molar-refractivity contribution in [3.05, 3.63) is 83.6 Å². The summed E-state index contributed by atoms with van der Waals surface area (Å²) in [5.74, 6) is 0.313. The fourth-order valence-electron chi connectivity index (χ4n) is 6.40. The largest absolute Gasteiger partial charge is 0.573 e. The monoisotopic (exact) mass is 519 g/mol. The molecule has 5 nitrogen and oxygen atoms in total. The number of alkyl halides is 3. The van der Waals surface area contributed by atoms with Crippen LogP contribution in [0.25, 0.3) is 22.0 Å². The van der Waals surface area contributed by atoms with Crippen LogP contribution in [0.1, 0.15) is 47.2 Å². The molecule has 6 rings (SSSR count). The fraction of sp³-hybridized carbons (Fsp3) is 0.333. The Hall–Kier alpha value is -3.81. The van der Waals surface area contributed by atoms with Crippen LogP contribution in [0.4, 0.5) is 13.2 Å². The predicted molar refractivity (Wildman–Crippen MR) is 139 cm³/mol. The van der Waals surface area contributed by atoms with E-state index in [9.17, 15) is 18.0 Å². The van der Waals surface area contributed by atoms with Gasteiger partial charge in [-0.1, -0.05) is 30.3 Å². The maximum atomic E-state index is 13.8. The molecule has 1 amide bonds. The molecule has 196 valence electrons. The van der Waals surface area contributed by atoms with Crippen LogP contribution in [0.15, 0.2) is 66.9 Å². The molecule has 2 bridgehead atoms. The fourth-order valence-corrected chi connectivity index (χ4v) is 6.40. The predicted octanol–water partition coefficient (Wildman–Crippen LogP) is 7.06. The van der Waals surface area contributed by atoms with Crippen molar-refractivity contribution in [3.8, 4) is 16.9 Å². The molecule has 3 heterocycles. The summed E-state index contributed by atoms with van der Waals surface area (Å²) in [5, 5.41) is 8.23. The van der Waals surface area contributed by atoms with E-state index in [-0.39, 0.29) is 23.7 Å². The number of hydrogen-bond acceptors (Lipinski definition) is 3. The lowest BCUT2D eigenvalue weighted by Crippen LogP contribution is -2.47. The Morgan fingerprint density at radius 2 is 1.79 bits per heavy atom. The molecule has 38 heavy (non-hydrogen) atoms. The average molecular weight is 520 g/mol. The quantitative estimate of drug-likeness (QED) is 0.307. The summed E-state index contributed by atoms with van der Waals surface area (Å²) in [6.45, 7) is 1.91. The molecule has 2 saturated heterocycles. The van der Waals surface area contributed by atoms with Gasteiger partial charge in [-0.15, -0.1) is 13.2 Å². The van der Waals surface area contributed by atoms with Crippen molar-refractivity contribution >= 4 is 16.8 Å². The molecule has 0 aliphatic carbocycles. The van der Waals surface area contributed by atoms with Crippen LogP contribution in [0.5, 0.6) is 5.75 Å².